The summed E-state index contributed by atoms with van der Waals surface area (Å²) < 4.78 is 11.1. The molecule has 0 saturated heterocycles. The van der Waals surface area contributed by atoms with Gasteiger partial charge in [0.1, 0.15) is 23.9 Å². The van der Waals surface area contributed by atoms with Crippen molar-refractivity contribution in [2.45, 2.75) is 25.9 Å². The normalized spacial score (nSPS) is 16.0. The summed E-state index contributed by atoms with van der Waals surface area (Å²) in [5.41, 5.74) is 0.658. The zero-order valence-corrected chi connectivity index (χ0v) is 19.0. The molecule has 0 aromatic heterocycles. The van der Waals surface area contributed by atoms with Gasteiger partial charge in [-0.1, -0.05) is 44.2 Å². The predicted molar refractivity (Wildman–Crippen MR) is 125 cm³/mol. The van der Waals surface area contributed by atoms with Crippen LogP contribution in [0.1, 0.15) is 56.0 Å². The third-order valence-electron chi connectivity index (χ3n) is 6.51. The molecule has 1 N–H and O–H groups in total. The smallest absolute Gasteiger partial charge is 0.201 e. The molecule has 0 radical (unpaired) electrons. The number of phenols is 1. The number of phenolic OH excluding ortho intramolecular Hbond substituents is 1. The van der Waals surface area contributed by atoms with Crippen LogP contribution in [0, 0.1) is 0 Å². The maximum Gasteiger partial charge on any atom is 0.201 e. The third-order valence-corrected chi connectivity index (χ3v) is 6.51. The van der Waals surface area contributed by atoms with Crippen molar-refractivity contribution < 1.29 is 29.0 Å². The monoisotopic (exact) mass is 454 g/mol. The molecule has 0 spiro atoms. The Kier molecular flexibility index (Phi) is 4.90. The molecule has 0 heterocycles. The van der Waals surface area contributed by atoms with E-state index in [1.165, 1.54) is 25.3 Å². The first-order valence-electron chi connectivity index (χ1n) is 10.8. The van der Waals surface area contributed by atoms with E-state index in [1.54, 1.807) is 26.0 Å². The van der Waals surface area contributed by atoms with Gasteiger partial charge in [-0.05, 0) is 35.4 Å². The number of methoxy groups -OCH3 is 1. The van der Waals surface area contributed by atoms with Crippen LogP contribution in [0.3, 0.4) is 0 Å². The summed E-state index contributed by atoms with van der Waals surface area (Å²) >= 11 is 0. The molecule has 0 fully saturated rings. The van der Waals surface area contributed by atoms with Gasteiger partial charge in [-0.25, -0.2) is 0 Å². The maximum atomic E-state index is 13.6. The van der Waals surface area contributed by atoms with E-state index in [1.807, 2.05) is 30.3 Å². The van der Waals surface area contributed by atoms with Crippen LogP contribution < -0.4 is 9.47 Å². The van der Waals surface area contributed by atoms with E-state index >= 15 is 0 Å². The van der Waals surface area contributed by atoms with E-state index in [0.29, 0.717) is 17.1 Å². The zero-order chi connectivity index (χ0) is 24.2. The van der Waals surface area contributed by atoms with Crippen molar-refractivity contribution in [2.75, 3.05) is 7.11 Å². The van der Waals surface area contributed by atoms with E-state index in [0.717, 1.165) is 5.56 Å². The minimum Gasteiger partial charge on any atom is -0.507 e. The van der Waals surface area contributed by atoms with Gasteiger partial charge in [0.25, 0.3) is 0 Å². The Morgan fingerprint density at radius 3 is 2.26 bits per heavy atom. The van der Waals surface area contributed by atoms with Crippen molar-refractivity contribution in [3.05, 3.63) is 99.6 Å². The molecule has 0 unspecified atom stereocenters. The molecule has 6 heteroatoms. The van der Waals surface area contributed by atoms with Gasteiger partial charge >= 0.3 is 0 Å². The summed E-state index contributed by atoms with van der Waals surface area (Å²) in [7, 11) is 1.48. The molecule has 3 aromatic carbocycles. The first-order valence-corrected chi connectivity index (χ1v) is 10.8. The third kappa shape index (κ3) is 3.14. The molecule has 0 aliphatic heterocycles. The molecule has 6 nitrogen and oxygen atoms in total. The number of allylic oxidation sites excluding steroid dienone is 2. The van der Waals surface area contributed by atoms with Crippen LogP contribution >= 0.6 is 0 Å². The van der Waals surface area contributed by atoms with Crippen molar-refractivity contribution >= 4 is 17.3 Å². The second-order valence-electron chi connectivity index (χ2n) is 8.91. The summed E-state index contributed by atoms with van der Waals surface area (Å²) in [5.74, 6) is -1.06. The summed E-state index contributed by atoms with van der Waals surface area (Å²) in [5, 5.41) is 10.8. The quantitative estimate of drug-likeness (QED) is 0.568. The number of Topliss-reactive ketones (excluding diaryl/α,β-unsaturated/α-hetero) is 3. The van der Waals surface area contributed by atoms with Gasteiger partial charge in [-0.15, -0.1) is 0 Å². The Bertz CT molecular complexity index is 1410. The summed E-state index contributed by atoms with van der Waals surface area (Å²) in [6, 6.07) is 17.2. The first kappa shape index (κ1) is 21.6. The van der Waals surface area contributed by atoms with Crippen molar-refractivity contribution in [1.82, 2.24) is 0 Å². The van der Waals surface area contributed by atoms with E-state index in [2.05, 4.69) is 0 Å². The number of rotatable bonds is 4. The van der Waals surface area contributed by atoms with Crippen molar-refractivity contribution in [1.29, 1.82) is 0 Å². The molecule has 0 bridgehead atoms. The molecule has 170 valence electrons. The van der Waals surface area contributed by atoms with E-state index in [4.69, 9.17) is 9.47 Å². The SMILES string of the molecule is COc1ccc2c(c1)C(=O)C1=C(C2=O)C(=O)c2c(O)cc(OCc3ccccc3)cc2C1(C)C. The van der Waals surface area contributed by atoms with E-state index in [9.17, 15) is 19.5 Å². The number of carbonyl (C=O) groups excluding carboxylic acids is 3. The first-order chi connectivity index (χ1) is 16.2. The van der Waals surface area contributed by atoms with Gasteiger partial charge < -0.3 is 14.6 Å². The second-order valence-corrected chi connectivity index (χ2v) is 8.91. The fourth-order valence-electron chi connectivity index (χ4n) is 4.76. The Morgan fingerprint density at radius 1 is 0.824 bits per heavy atom. The van der Waals surface area contributed by atoms with Crippen molar-refractivity contribution in [3.63, 3.8) is 0 Å². The molecule has 0 saturated carbocycles. The summed E-state index contributed by atoms with van der Waals surface area (Å²) in [6.07, 6.45) is 0. The minimum atomic E-state index is -1.03. The van der Waals surface area contributed by atoms with Gasteiger partial charge in [0.2, 0.25) is 5.78 Å². The summed E-state index contributed by atoms with van der Waals surface area (Å²) in [4.78, 5) is 40.5. The van der Waals surface area contributed by atoms with Gasteiger partial charge in [-0.2, -0.15) is 0 Å². The number of fused-ring (bicyclic) bond motifs is 2. The van der Waals surface area contributed by atoms with Crippen LogP contribution in [0.25, 0.3) is 0 Å². The lowest BCUT2D eigenvalue weighted by atomic mass is 9.62. The fourth-order valence-corrected chi connectivity index (χ4v) is 4.76. The van der Waals surface area contributed by atoms with Crippen LogP contribution in [-0.2, 0) is 12.0 Å². The largest absolute Gasteiger partial charge is 0.507 e. The van der Waals surface area contributed by atoms with Crippen LogP contribution in [-0.4, -0.2) is 29.6 Å². The molecule has 3 aromatic rings. The minimum absolute atomic E-state index is 0.0222. The Balaban J connectivity index is 1.62. The molecule has 5 rings (SSSR count). The number of ketones is 3. The highest BCUT2D eigenvalue weighted by Gasteiger charge is 2.49. The molecule has 2 aliphatic carbocycles. The Labute approximate surface area is 196 Å². The lowest BCUT2D eigenvalue weighted by Gasteiger charge is -2.37. The average Bonchev–Trinajstić information content (AvgIpc) is 2.83. The number of ether oxygens (including phenoxy) is 2. The van der Waals surface area contributed by atoms with Gasteiger partial charge in [0, 0.05) is 28.2 Å². The van der Waals surface area contributed by atoms with Gasteiger partial charge in [0.05, 0.1) is 18.2 Å². The maximum absolute atomic E-state index is 13.6. The average molecular weight is 454 g/mol. The van der Waals surface area contributed by atoms with Gasteiger partial charge in [-0.3, -0.25) is 14.4 Å². The number of hydrogen-bond acceptors (Lipinski definition) is 6. The van der Waals surface area contributed by atoms with Crippen molar-refractivity contribution in [3.8, 4) is 17.2 Å². The molecular weight excluding hydrogens is 432 g/mol. The number of hydrogen-bond donors (Lipinski definition) is 1. The number of benzene rings is 3. The standard InChI is InChI=1S/C28H22O6/c1-28(2)20-12-17(34-14-15-7-5-4-6-8-15)13-21(29)22(20)27(32)23-24(28)26(31)19-11-16(33-3)9-10-18(19)25(23)30/h4-13,29H,14H2,1-3H3. The second kappa shape index (κ2) is 7.70. The highest BCUT2D eigenvalue weighted by atomic mass is 16.5. The van der Waals surface area contributed by atoms with Crippen LogP contribution in [0.4, 0.5) is 0 Å². The topological polar surface area (TPSA) is 89.9 Å². The highest BCUT2D eigenvalue weighted by molar-refractivity contribution is 6.41. The highest BCUT2D eigenvalue weighted by Crippen LogP contribution is 2.49. The zero-order valence-electron chi connectivity index (χ0n) is 19.0. The Hall–Kier alpha value is -4.19. The fraction of sp³-hybridized carbons (Fsp3) is 0.179. The van der Waals surface area contributed by atoms with E-state index < -0.39 is 22.8 Å². The van der Waals surface area contributed by atoms with Gasteiger partial charge in [0.15, 0.2) is 11.6 Å². The lowest BCUT2D eigenvalue weighted by Crippen LogP contribution is -2.40. The number of carbonyl (C=O) groups is 3. The van der Waals surface area contributed by atoms with Crippen LogP contribution in [0.5, 0.6) is 17.2 Å². The van der Waals surface area contributed by atoms with Crippen LogP contribution in [0.15, 0.2) is 71.8 Å². The predicted octanol–water partition coefficient (Wildman–Crippen LogP) is 4.83. The molecule has 34 heavy (non-hydrogen) atoms. The number of aromatic hydroxyl groups is 1. The lowest BCUT2D eigenvalue weighted by molar-refractivity contribution is 0.0909. The van der Waals surface area contributed by atoms with Crippen molar-refractivity contribution in [2.24, 2.45) is 0 Å². The molecular formula is C28H22O6. The summed E-state index contributed by atoms with van der Waals surface area (Å²) in [6.45, 7) is 3.81. The van der Waals surface area contributed by atoms with E-state index in [-0.39, 0.29) is 40.2 Å². The Morgan fingerprint density at radius 2 is 1.56 bits per heavy atom. The molecule has 0 amide bonds. The molecule has 2 aliphatic rings. The van der Waals surface area contributed by atoms with Crippen LogP contribution in [0.2, 0.25) is 0 Å². The molecule has 0 atom stereocenters.